The summed E-state index contributed by atoms with van der Waals surface area (Å²) in [4.78, 5) is 3.94. The van der Waals surface area contributed by atoms with Crippen molar-refractivity contribution >= 4 is 5.82 Å². The molecule has 0 saturated carbocycles. The minimum Gasteiger partial charge on any atom is -0.383 e. The quantitative estimate of drug-likeness (QED) is 0.891. The Kier molecular flexibility index (Phi) is 3.59. The van der Waals surface area contributed by atoms with Gasteiger partial charge in [-0.2, -0.15) is 5.26 Å². The van der Waals surface area contributed by atoms with Gasteiger partial charge in [0.15, 0.2) is 0 Å². The molecule has 0 amide bonds. The number of hydrogen-bond donors (Lipinski definition) is 1. The van der Waals surface area contributed by atoms with Crippen molar-refractivity contribution < 1.29 is 0 Å². The van der Waals surface area contributed by atoms with Gasteiger partial charge in [-0.05, 0) is 23.6 Å². The molecule has 3 nitrogen and oxygen atoms in total. The summed E-state index contributed by atoms with van der Waals surface area (Å²) in [5.41, 5.74) is 9.31. The van der Waals surface area contributed by atoms with E-state index in [4.69, 9.17) is 11.0 Å². The zero-order chi connectivity index (χ0) is 13.0. The van der Waals surface area contributed by atoms with Crippen LogP contribution in [0.3, 0.4) is 0 Å². The number of nitriles is 1. The topological polar surface area (TPSA) is 62.7 Å². The first-order chi connectivity index (χ1) is 8.76. The summed E-state index contributed by atoms with van der Waals surface area (Å²) in [5, 5.41) is 9.13. The monoisotopic (exact) mass is 237 g/mol. The van der Waals surface area contributed by atoms with Crippen LogP contribution in [0.2, 0.25) is 0 Å². The fourth-order valence-corrected chi connectivity index (χ4v) is 1.98. The number of hydrogen-bond acceptors (Lipinski definition) is 3. The average Bonchev–Trinajstić information content (AvgIpc) is 2.40. The zero-order valence-electron chi connectivity index (χ0n) is 10.4. The SMILES string of the molecule is CCCc1ccc(-c2ccnc(N)c2C#N)cc1. The smallest absolute Gasteiger partial charge is 0.141 e. The van der Waals surface area contributed by atoms with E-state index in [0.29, 0.717) is 5.56 Å². The van der Waals surface area contributed by atoms with E-state index in [1.807, 2.05) is 18.2 Å². The highest BCUT2D eigenvalue weighted by molar-refractivity contribution is 5.75. The Morgan fingerprint density at radius 2 is 1.94 bits per heavy atom. The van der Waals surface area contributed by atoms with Gasteiger partial charge in [0.2, 0.25) is 0 Å². The van der Waals surface area contributed by atoms with Gasteiger partial charge in [0, 0.05) is 11.8 Å². The van der Waals surface area contributed by atoms with Gasteiger partial charge >= 0.3 is 0 Å². The maximum atomic E-state index is 9.13. The van der Waals surface area contributed by atoms with E-state index in [9.17, 15) is 0 Å². The van der Waals surface area contributed by atoms with Crippen molar-refractivity contribution in [1.29, 1.82) is 5.26 Å². The van der Waals surface area contributed by atoms with Crippen molar-refractivity contribution in [1.82, 2.24) is 4.98 Å². The number of aromatic nitrogens is 1. The number of pyridine rings is 1. The summed E-state index contributed by atoms with van der Waals surface area (Å²) in [6.45, 7) is 2.16. The summed E-state index contributed by atoms with van der Waals surface area (Å²) in [5.74, 6) is 0.285. The summed E-state index contributed by atoms with van der Waals surface area (Å²) >= 11 is 0. The van der Waals surface area contributed by atoms with Gasteiger partial charge < -0.3 is 5.73 Å². The van der Waals surface area contributed by atoms with Crippen molar-refractivity contribution in [2.75, 3.05) is 5.73 Å². The van der Waals surface area contributed by atoms with Crippen LogP contribution in [-0.4, -0.2) is 4.98 Å². The van der Waals surface area contributed by atoms with E-state index in [-0.39, 0.29) is 5.82 Å². The van der Waals surface area contributed by atoms with E-state index in [1.54, 1.807) is 6.20 Å². The van der Waals surface area contributed by atoms with Crippen LogP contribution in [0.1, 0.15) is 24.5 Å². The zero-order valence-corrected chi connectivity index (χ0v) is 10.4. The first-order valence-corrected chi connectivity index (χ1v) is 6.00. The van der Waals surface area contributed by atoms with Crippen molar-refractivity contribution in [2.24, 2.45) is 0 Å². The second kappa shape index (κ2) is 5.33. The molecule has 0 fully saturated rings. The number of rotatable bonds is 3. The molecule has 0 radical (unpaired) electrons. The lowest BCUT2D eigenvalue weighted by molar-refractivity contribution is 0.922. The average molecular weight is 237 g/mol. The fourth-order valence-electron chi connectivity index (χ4n) is 1.98. The Balaban J connectivity index is 2.43. The molecular formula is C15H15N3. The van der Waals surface area contributed by atoms with Crippen LogP contribution >= 0.6 is 0 Å². The van der Waals surface area contributed by atoms with Gasteiger partial charge in [-0.1, -0.05) is 37.6 Å². The number of nitrogen functional groups attached to an aromatic ring is 1. The molecule has 2 N–H and O–H groups in total. The Morgan fingerprint density at radius 1 is 1.22 bits per heavy atom. The lowest BCUT2D eigenvalue weighted by Crippen LogP contribution is -1.96. The molecule has 2 aromatic rings. The maximum absolute atomic E-state index is 9.13. The molecule has 0 aliphatic carbocycles. The van der Waals surface area contributed by atoms with Crippen molar-refractivity contribution in [2.45, 2.75) is 19.8 Å². The van der Waals surface area contributed by atoms with Crippen LogP contribution in [0.4, 0.5) is 5.82 Å². The number of benzene rings is 1. The van der Waals surface area contributed by atoms with Gasteiger partial charge in [-0.25, -0.2) is 4.98 Å². The predicted molar refractivity (Wildman–Crippen MR) is 72.8 cm³/mol. The number of aryl methyl sites for hydroxylation is 1. The molecule has 0 spiro atoms. The molecule has 0 aliphatic heterocycles. The Bertz CT molecular complexity index is 580. The van der Waals surface area contributed by atoms with Gasteiger partial charge in [0.05, 0.1) is 0 Å². The number of nitrogens with zero attached hydrogens (tertiary/aromatic N) is 2. The van der Waals surface area contributed by atoms with Gasteiger partial charge in [-0.3, -0.25) is 0 Å². The Labute approximate surface area is 107 Å². The lowest BCUT2D eigenvalue weighted by atomic mass is 9.99. The van der Waals surface area contributed by atoms with Gasteiger partial charge in [-0.15, -0.1) is 0 Å². The summed E-state index contributed by atoms with van der Waals surface area (Å²) in [6, 6.07) is 12.2. The standard InChI is InChI=1S/C15H15N3/c1-2-3-11-4-6-12(7-5-11)13-8-9-18-15(17)14(13)10-16/h4-9H,2-3H2,1H3,(H2,17,18). The minimum absolute atomic E-state index is 0.285. The van der Waals surface area contributed by atoms with E-state index in [1.165, 1.54) is 5.56 Å². The largest absolute Gasteiger partial charge is 0.383 e. The van der Waals surface area contributed by atoms with Crippen LogP contribution in [-0.2, 0) is 6.42 Å². The fraction of sp³-hybridized carbons (Fsp3) is 0.200. The molecule has 0 bridgehead atoms. The van der Waals surface area contributed by atoms with Crippen molar-refractivity contribution in [3.8, 4) is 17.2 Å². The van der Waals surface area contributed by atoms with E-state index < -0.39 is 0 Å². The highest BCUT2D eigenvalue weighted by Crippen LogP contribution is 2.26. The third-order valence-corrected chi connectivity index (χ3v) is 2.90. The van der Waals surface area contributed by atoms with Crippen molar-refractivity contribution in [3.05, 3.63) is 47.7 Å². The minimum atomic E-state index is 0.285. The normalized spacial score (nSPS) is 10.0. The third-order valence-electron chi connectivity index (χ3n) is 2.90. The second-order valence-corrected chi connectivity index (χ2v) is 4.18. The van der Waals surface area contributed by atoms with Crippen LogP contribution in [0, 0.1) is 11.3 Å². The molecule has 0 unspecified atom stereocenters. The molecule has 0 saturated heterocycles. The maximum Gasteiger partial charge on any atom is 0.141 e. The Hall–Kier alpha value is -2.34. The summed E-state index contributed by atoms with van der Waals surface area (Å²) in [6.07, 6.45) is 3.83. The molecular weight excluding hydrogens is 222 g/mol. The highest BCUT2D eigenvalue weighted by atomic mass is 14.8. The predicted octanol–water partition coefficient (Wildman–Crippen LogP) is 3.15. The molecule has 90 valence electrons. The number of nitrogens with two attached hydrogens (primary N) is 1. The first kappa shape index (κ1) is 12.1. The molecule has 18 heavy (non-hydrogen) atoms. The first-order valence-electron chi connectivity index (χ1n) is 6.00. The molecule has 1 aromatic heterocycles. The highest BCUT2D eigenvalue weighted by Gasteiger charge is 2.08. The lowest BCUT2D eigenvalue weighted by Gasteiger charge is -2.07. The van der Waals surface area contributed by atoms with Crippen molar-refractivity contribution in [3.63, 3.8) is 0 Å². The van der Waals surface area contributed by atoms with E-state index in [0.717, 1.165) is 24.0 Å². The number of anilines is 1. The summed E-state index contributed by atoms with van der Waals surface area (Å²) < 4.78 is 0. The van der Waals surface area contributed by atoms with Crippen LogP contribution in [0.25, 0.3) is 11.1 Å². The van der Waals surface area contributed by atoms with Crippen LogP contribution in [0.15, 0.2) is 36.5 Å². The molecule has 0 atom stereocenters. The Morgan fingerprint density at radius 3 is 2.56 bits per heavy atom. The van der Waals surface area contributed by atoms with E-state index in [2.05, 4.69) is 30.1 Å². The molecule has 1 aromatic carbocycles. The van der Waals surface area contributed by atoms with E-state index >= 15 is 0 Å². The van der Waals surface area contributed by atoms with Crippen LogP contribution in [0.5, 0.6) is 0 Å². The van der Waals surface area contributed by atoms with Gasteiger partial charge in [0.1, 0.15) is 17.5 Å². The van der Waals surface area contributed by atoms with Gasteiger partial charge in [0.25, 0.3) is 0 Å². The third kappa shape index (κ3) is 2.33. The van der Waals surface area contributed by atoms with Crippen LogP contribution < -0.4 is 5.73 Å². The molecule has 2 rings (SSSR count). The second-order valence-electron chi connectivity index (χ2n) is 4.18. The molecule has 0 aliphatic rings. The molecule has 1 heterocycles. The summed E-state index contributed by atoms with van der Waals surface area (Å²) in [7, 11) is 0. The molecule has 3 heteroatoms.